The normalized spacial score (nSPS) is 13.9. The molecule has 0 spiro atoms. The van der Waals surface area contributed by atoms with Crippen LogP contribution in [0.1, 0.15) is 36.3 Å². The molecule has 1 aromatic heterocycles. The molecule has 2 aromatic rings. The molecule has 0 saturated heterocycles. The van der Waals surface area contributed by atoms with E-state index in [4.69, 9.17) is 4.74 Å². The highest BCUT2D eigenvalue weighted by molar-refractivity contribution is 5.95. The van der Waals surface area contributed by atoms with Crippen LogP contribution in [0.25, 0.3) is 11.1 Å². The molecule has 1 aliphatic carbocycles. The largest absolute Gasteiger partial charge is 0.461 e. The zero-order valence-electron chi connectivity index (χ0n) is 12.2. The predicted octanol–water partition coefficient (Wildman–Crippen LogP) is 3.17. The number of halogens is 1. The number of rotatable bonds is 4. The Kier molecular flexibility index (Phi) is 3.79. The molecule has 22 heavy (non-hydrogen) atoms. The summed E-state index contributed by atoms with van der Waals surface area (Å²) >= 11 is 0. The van der Waals surface area contributed by atoms with Gasteiger partial charge in [0.05, 0.1) is 12.2 Å². The van der Waals surface area contributed by atoms with Gasteiger partial charge in [0.15, 0.2) is 5.43 Å². The Bertz CT molecular complexity index is 760. The quantitative estimate of drug-likeness (QED) is 0.815. The van der Waals surface area contributed by atoms with E-state index < -0.39 is 5.97 Å². The molecule has 1 fully saturated rings. The molecule has 1 saturated carbocycles. The number of aromatic nitrogens is 1. The lowest BCUT2D eigenvalue weighted by molar-refractivity contribution is 0.0513. The molecule has 1 aliphatic rings. The van der Waals surface area contributed by atoms with E-state index in [-0.39, 0.29) is 35.2 Å². The molecular formula is C17H16FNO3. The molecule has 1 heterocycles. The van der Waals surface area contributed by atoms with Crippen LogP contribution in [0, 0.1) is 5.82 Å². The number of carbonyl (C=O) groups excluding carboxylic acids is 1. The molecule has 0 N–H and O–H groups in total. The third-order valence-corrected chi connectivity index (χ3v) is 3.67. The van der Waals surface area contributed by atoms with Crippen molar-refractivity contribution in [2.45, 2.75) is 25.8 Å². The minimum Gasteiger partial charge on any atom is -0.461 e. The van der Waals surface area contributed by atoms with Crippen molar-refractivity contribution in [1.29, 1.82) is 0 Å². The van der Waals surface area contributed by atoms with Gasteiger partial charge in [0.25, 0.3) is 0 Å². The van der Waals surface area contributed by atoms with Gasteiger partial charge >= 0.3 is 5.97 Å². The van der Waals surface area contributed by atoms with Crippen LogP contribution in [-0.2, 0) is 4.74 Å². The van der Waals surface area contributed by atoms with E-state index in [1.165, 1.54) is 30.3 Å². The number of carbonyl (C=O) groups is 1. The fourth-order valence-electron chi connectivity index (χ4n) is 2.51. The van der Waals surface area contributed by atoms with Crippen molar-refractivity contribution in [2.24, 2.45) is 0 Å². The maximum absolute atomic E-state index is 13.1. The first-order valence-corrected chi connectivity index (χ1v) is 7.30. The molecular weight excluding hydrogens is 285 g/mol. The molecule has 0 unspecified atom stereocenters. The zero-order chi connectivity index (χ0) is 15.7. The van der Waals surface area contributed by atoms with Gasteiger partial charge in [-0.3, -0.25) is 4.79 Å². The van der Waals surface area contributed by atoms with E-state index in [9.17, 15) is 14.0 Å². The Hall–Kier alpha value is -2.43. The summed E-state index contributed by atoms with van der Waals surface area (Å²) in [4.78, 5) is 24.7. The maximum Gasteiger partial charge on any atom is 0.355 e. The number of nitrogens with zero attached hydrogens (tertiary/aromatic N) is 1. The monoisotopic (exact) mass is 301 g/mol. The Balaban J connectivity index is 2.22. The third-order valence-electron chi connectivity index (χ3n) is 3.67. The highest BCUT2D eigenvalue weighted by atomic mass is 19.1. The topological polar surface area (TPSA) is 48.3 Å². The summed E-state index contributed by atoms with van der Waals surface area (Å²) in [5.41, 5.74) is 0.771. The minimum atomic E-state index is -0.522. The van der Waals surface area contributed by atoms with Gasteiger partial charge in [0.2, 0.25) is 0 Å². The van der Waals surface area contributed by atoms with Gasteiger partial charge in [-0.15, -0.1) is 0 Å². The highest BCUT2D eigenvalue weighted by Gasteiger charge is 2.30. The van der Waals surface area contributed by atoms with Crippen LogP contribution in [0.3, 0.4) is 0 Å². The number of hydrogen-bond acceptors (Lipinski definition) is 3. The number of hydrogen-bond donors (Lipinski definition) is 0. The number of pyridine rings is 1. The van der Waals surface area contributed by atoms with Crippen molar-refractivity contribution in [2.75, 3.05) is 6.61 Å². The molecule has 0 radical (unpaired) electrons. The molecule has 114 valence electrons. The summed E-state index contributed by atoms with van der Waals surface area (Å²) in [6.07, 6.45) is 3.58. The Labute approximate surface area is 127 Å². The van der Waals surface area contributed by atoms with Gasteiger partial charge in [0, 0.05) is 18.3 Å². The highest BCUT2D eigenvalue weighted by Crippen LogP contribution is 2.37. The van der Waals surface area contributed by atoms with E-state index >= 15 is 0 Å². The maximum atomic E-state index is 13.1. The van der Waals surface area contributed by atoms with Gasteiger partial charge in [-0.2, -0.15) is 0 Å². The van der Waals surface area contributed by atoms with E-state index in [1.807, 2.05) is 0 Å². The summed E-state index contributed by atoms with van der Waals surface area (Å²) in [6.45, 7) is 1.95. The standard InChI is InChI=1S/C17H16FNO3/c1-2-22-17(21)16-15(11-3-5-12(18)6-4-11)14(20)9-10-19(16)13-7-8-13/h3-6,9-10,13H,2,7-8H2,1H3. The van der Waals surface area contributed by atoms with Gasteiger partial charge in [-0.05, 0) is 37.5 Å². The minimum absolute atomic E-state index is 0.221. The second kappa shape index (κ2) is 5.75. The van der Waals surface area contributed by atoms with Crippen molar-refractivity contribution in [1.82, 2.24) is 4.57 Å². The molecule has 3 rings (SSSR count). The Morgan fingerprint density at radius 3 is 2.55 bits per heavy atom. The van der Waals surface area contributed by atoms with Crippen LogP contribution in [0.5, 0.6) is 0 Å². The first-order chi connectivity index (χ1) is 10.6. The van der Waals surface area contributed by atoms with E-state index in [1.54, 1.807) is 17.7 Å². The number of esters is 1. The third kappa shape index (κ3) is 2.66. The Morgan fingerprint density at radius 1 is 1.27 bits per heavy atom. The van der Waals surface area contributed by atoms with Gasteiger partial charge in [-0.1, -0.05) is 12.1 Å². The molecule has 0 atom stereocenters. The van der Waals surface area contributed by atoms with Crippen LogP contribution in [0.2, 0.25) is 0 Å². The van der Waals surface area contributed by atoms with Crippen LogP contribution < -0.4 is 5.43 Å². The molecule has 0 amide bonds. The average molecular weight is 301 g/mol. The Morgan fingerprint density at radius 2 is 1.95 bits per heavy atom. The van der Waals surface area contributed by atoms with Crippen LogP contribution in [-0.4, -0.2) is 17.1 Å². The molecule has 1 aromatic carbocycles. The molecule has 4 nitrogen and oxygen atoms in total. The first-order valence-electron chi connectivity index (χ1n) is 7.30. The molecule has 0 bridgehead atoms. The van der Waals surface area contributed by atoms with Crippen LogP contribution >= 0.6 is 0 Å². The zero-order valence-corrected chi connectivity index (χ0v) is 12.2. The average Bonchev–Trinajstić information content (AvgIpc) is 3.33. The van der Waals surface area contributed by atoms with Crippen molar-refractivity contribution >= 4 is 5.97 Å². The van der Waals surface area contributed by atoms with Gasteiger partial charge in [-0.25, -0.2) is 9.18 Å². The number of ether oxygens (including phenoxy) is 1. The second-order valence-corrected chi connectivity index (χ2v) is 5.27. The summed E-state index contributed by atoms with van der Waals surface area (Å²) < 4.78 is 20.0. The fourth-order valence-corrected chi connectivity index (χ4v) is 2.51. The smallest absolute Gasteiger partial charge is 0.355 e. The molecule has 0 aliphatic heterocycles. The van der Waals surface area contributed by atoms with E-state index in [0.29, 0.717) is 5.56 Å². The lowest BCUT2D eigenvalue weighted by Gasteiger charge is -2.15. The van der Waals surface area contributed by atoms with Crippen molar-refractivity contribution < 1.29 is 13.9 Å². The van der Waals surface area contributed by atoms with Crippen molar-refractivity contribution in [3.8, 4) is 11.1 Å². The molecule has 5 heteroatoms. The lowest BCUT2D eigenvalue weighted by atomic mass is 10.0. The summed E-state index contributed by atoms with van der Waals surface area (Å²) in [5.74, 6) is -0.911. The van der Waals surface area contributed by atoms with E-state index in [0.717, 1.165) is 12.8 Å². The van der Waals surface area contributed by atoms with E-state index in [2.05, 4.69) is 0 Å². The van der Waals surface area contributed by atoms with Crippen molar-refractivity contribution in [3.63, 3.8) is 0 Å². The van der Waals surface area contributed by atoms with Gasteiger partial charge < -0.3 is 9.30 Å². The predicted molar refractivity (Wildman–Crippen MR) is 80.3 cm³/mol. The number of benzene rings is 1. The fraction of sp³-hybridized carbons (Fsp3) is 0.294. The lowest BCUT2D eigenvalue weighted by Crippen LogP contribution is -2.21. The summed E-state index contributed by atoms with van der Waals surface area (Å²) in [7, 11) is 0. The van der Waals surface area contributed by atoms with Crippen LogP contribution in [0.4, 0.5) is 4.39 Å². The van der Waals surface area contributed by atoms with Gasteiger partial charge in [0.1, 0.15) is 11.5 Å². The first kappa shape index (κ1) is 14.5. The summed E-state index contributed by atoms with van der Waals surface area (Å²) in [6, 6.07) is 7.23. The second-order valence-electron chi connectivity index (χ2n) is 5.27. The van der Waals surface area contributed by atoms with Crippen molar-refractivity contribution in [3.05, 3.63) is 58.3 Å². The SMILES string of the molecule is CCOC(=O)c1c(-c2ccc(F)cc2)c(=O)ccn1C1CC1. The summed E-state index contributed by atoms with van der Waals surface area (Å²) in [5, 5.41) is 0. The van der Waals surface area contributed by atoms with Crippen LogP contribution in [0.15, 0.2) is 41.3 Å².